The Morgan fingerprint density at radius 3 is 3.00 bits per heavy atom. The smallest absolute Gasteiger partial charge is 0.315 e. The monoisotopic (exact) mass is 374 g/mol. The van der Waals surface area contributed by atoms with Crippen LogP contribution in [0.2, 0.25) is 0 Å². The van der Waals surface area contributed by atoms with Crippen LogP contribution in [0, 0.1) is 5.92 Å². The molecule has 1 aromatic carbocycles. The van der Waals surface area contributed by atoms with Gasteiger partial charge >= 0.3 is 6.03 Å². The zero-order chi connectivity index (χ0) is 18.8. The maximum Gasteiger partial charge on any atom is 0.315 e. The number of nitrogens with one attached hydrogen (secondary N) is 2. The number of nitrogens with zero attached hydrogens (tertiary/aromatic N) is 2. The summed E-state index contributed by atoms with van der Waals surface area (Å²) >= 11 is 1.56. The summed E-state index contributed by atoms with van der Waals surface area (Å²) in [4.78, 5) is 20.2. The Morgan fingerprint density at radius 1 is 1.54 bits per heavy atom. The van der Waals surface area contributed by atoms with Crippen LogP contribution in [0.15, 0.2) is 40.7 Å². The number of urea groups is 1. The third kappa shape index (κ3) is 3.67. The fraction of sp³-hybridized carbons (Fsp3) is 0.474. The van der Waals surface area contributed by atoms with Gasteiger partial charge in [0.2, 0.25) is 0 Å². The molecule has 0 aliphatic carbocycles. The first-order valence-corrected chi connectivity index (χ1v) is 9.74. The number of benzene rings is 1. The van der Waals surface area contributed by atoms with Crippen LogP contribution in [-0.4, -0.2) is 41.0 Å². The maximum atomic E-state index is 12.2. The van der Waals surface area contributed by atoms with Crippen molar-refractivity contribution >= 4 is 28.6 Å². The lowest BCUT2D eigenvalue weighted by molar-refractivity contribution is 0.228. The maximum absolute atomic E-state index is 12.2. The molecule has 0 aromatic heterocycles. The predicted molar refractivity (Wildman–Crippen MR) is 107 cm³/mol. The molecule has 26 heavy (non-hydrogen) atoms. The number of hydrogen-bond acceptors (Lipinski definition) is 5. The molecule has 2 amide bonds. The molecule has 0 saturated heterocycles. The minimum Gasteiger partial charge on any atom is -0.508 e. The highest BCUT2D eigenvalue weighted by Gasteiger charge is 2.40. The molecule has 3 N–H and O–H groups in total. The third-order valence-electron chi connectivity index (χ3n) is 4.75. The summed E-state index contributed by atoms with van der Waals surface area (Å²) in [6, 6.07) is 5.42. The van der Waals surface area contributed by atoms with Crippen LogP contribution in [0.4, 0.5) is 10.5 Å². The highest BCUT2D eigenvalue weighted by molar-refractivity contribution is 8.14. The van der Waals surface area contributed by atoms with Gasteiger partial charge in [-0.05, 0) is 56.1 Å². The molecule has 0 radical (unpaired) electrons. The number of thioether (sulfide) groups is 1. The molecule has 2 heterocycles. The Morgan fingerprint density at radius 2 is 2.31 bits per heavy atom. The number of hydrogen-bond donors (Lipinski definition) is 3. The van der Waals surface area contributed by atoms with E-state index in [9.17, 15) is 9.90 Å². The number of fused-ring (bicyclic) bond motifs is 3. The molecule has 3 atom stereocenters. The zero-order valence-corrected chi connectivity index (χ0v) is 16.2. The first-order chi connectivity index (χ1) is 12.4. The van der Waals surface area contributed by atoms with Crippen LogP contribution in [0.1, 0.15) is 27.2 Å². The van der Waals surface area contributed by atoms with Crippen molar-refractivity contribution in [3.05, 3.63) is 30.9 Å². The summed E-state index contributed by atoms with van der Waals surface area (Å²) in [6.45, 7) is 10.5. The van der Waals surface area contributed by atoms with Gasteiger partial charge in [-0.2, -0.15) is 0 Å². The highest BCUT2D eigenvalue weighted by Crippen LogP contribution is 2.45. The largest absolute Gasteiger partial charge is 0.508 e. The van der Waals surface area contributed by atoms with Crippen LogP contribution >= 0.6 is 11.8 Å². The minimum atomic E-state index is -0.158. The fourth-order valence-electron chi connectivity index (χ4n) is 3.45. The molecule has 7 heteroatoms. The lowest BCUT2D eigenvalue weighted by Crippen LogP contribution is -2.52. The Labute approximate surface area is 158 Å². The first kappa shape index (κ1) is 18.6. The zero-order valence-electron chi connectivity index (χ0n) is 15.4. The van der Waals surface area contributed by atoms with Gasteiger partial charge in [-0.1, -0.05) is 13.0 Å². The minimum absolute atomic E-state index is 0.0574. The molecule has 140 valence electrons. The van der Waals surface area contributed by atoms with E-state index in [1.165, 1.54) is 0 Å². The van der Waals surface area contributed by atoms with Crippen LogP contribution < -0.4 is 15.5 Å². The van der Waals surface area contributed by atoms with Crippen LogP contribution in [0.5, 0.6) is 5.75 Å². The summed E-state index contributed by atoms with van der Waals surface area (Å²) in [5, 5.41) is 16.7. The van der Waals surface area contributed by atoms with Crippen molar-refractivity contribution in [3.63, 3.8) is 0 Å². The molecule has 6 nitrogen and oxygen atoms in total. The first-order valence-electron chi connectivity index (χ1n) is 8.93. The molecule has 2 aliphatic rings. The second-order valence-corrected chi connectivity index (χ2v) is 8.09. The van der Waals surface area contributed by atoms with Gasteiger partial charge in [0.25, 0.3) is 0 Å². The Hall–Kier alpha value is -2.15. The average Bonchev–Trinajstić information content (AvgIpc) is 2.86. The van der Waals surface area contributed by atoms with E-state index in [-0.39, 0.29) is 35.8 Å². The number of aromatic hydroxyl groups is 1. The number of phenolic OH excluding ortho intramolecular Hbond substituents is 1. The highest BCUT2D eigenvalue weighted by atomic mass is 32.2. The Kier molecular flexibility index (Phi) is 5.46. The summed E-state index contributed by atoms with van der Waals surface area (Å²) in [7, 11) is 0. The van der Waals surface area contributed by atoms with Crippen LogP contribution in [0.3, 0.4) is 0 Å². The molecule has 1 unspecified atom stereocenters. The van der Waals surface area contributed by atoms with Gasteiger partial charge in [-0.3, -0.25) is 4.99 Å². The van der Waals surface area contributed by atoms with Crippen molar-refractivity contribution < 1.29 is 9.90 Å². The summed E-state index contributed by atoms with van der Waals surface area (Å²) in [5.74, 6) is 0.431. The summed E-state index contributed by atoms with van der Waals surface area (Å²) in [5.41, 5.74) is 1.05. The van der Waals surface area contributed by atoms with E-state index in [1.807, 2.05) is 26.0 Å². The van der Waals surface area contributed by atoms with Crippen molar-refractivity contribution in [2.24, 2.45) is 10.9 Å². The quantitative estimate of drug-likeness (QED) is 0.707. The number of phenols is 1. The van der Waals surface area contributed by atoms with Gasteiger partial charge in [-0.25, -0.2) is 4.79 Å². The fourth-order valence-corrected chi connectivity index (χ4v) is 4.57. The van der Waals surface area contributed by atoms with Crippen molar-refractivity contribution in [1.29, 1.82) is 0 Å². The van der Waals surface area contributed by atoms with Gasteiger partial charge in [0.15, 0.2) is 5.17 Å². The molecule has 0 spiro atoms. The SMILES string of the molecule is C=CC[C@@H]1[C@H](C)C(NC(=O)NC(C)C)CN=C2Sc3cc(O)ccc3N21. The molecular formula is C19H26N4O2S. The van der Waals surface area contributed by atoms with Gasteiger partial charge in [-0.15, -0.1) is 6.58 Å². The summed E-state index contributed by atoms with van der Waals surface area (Å²) < 4.78 is 0. The van der Waals surface area contributed by atoms with E-state index < -0.39 is 0 Å². The van der Waals surface area contributed by atoms with E-state index in [2.05, 4.69) is 29.0 Å². The topological polar surface area (TPSA) is 77.0 Å². The normalized spacial score (nSPS) is 24.4. The summed E-state index contributed by atoms with van der Waals surface area (Å²) in [6.07, 6.45) is 2.70. The van der Waals surface area contributed by atoms with Crippen molar-refractivity contribution in [2.45, 2.75) is 50.2 Å². The molecule has 0 bridgehead atoms. The number of amides is 2. The average molecular weight is 375 g/mol. The Bertz CT molecular complexity index is 734. The second-order valence-electron chi connectivity index (χ2n) is 7.08. The third-order valence-corrected chi connectivity index (χ3v) is 5.81. The predicted octanol–water partition coefficient (Wildman–Crippen LogP) is 3.33. The lowest BCUT2D eigenvalue weighted by atomic mass is 9.90. The van der Waals surface area contributed by atoms with Crippen molar-refractivity contribution in [1.82, 2.24) is 10.6 Å². The van der Waals surface area contributed by atoms with Crippen molar-refractivity contribution in [3.8, 4) is 5.75 Å². The van der Waals surface area contributed by atoms with Gasteiger partial charge in [0.1, 0.15) is 5.75 Å². The van der Waals surface area contributed by atoms with Crippen molar-refractivity contribution in [2.75, 3.05) is 11.4 Å². The number of carbonyl (C=O) groups excluding carboxylic acids is 1. The molecule has 0 saturated carbocycles. The van der Waals surface area contributed by atoms with E-state index in [0.717, 1.165) is 22.2 Å². The molecule has 3 rings (SSSR count). The number of amidine groups is 1. The van der Waals surface area contributed by atoms with Gasteiger partial charge in [0, 0.05) is 17.0 Å². The number of carbonyl (C=O) groups is 1. The van der Waals surface area contributed by atoms with E-state index in [4.69, 9.17) is 4.99 Å². The number of rotatable bonds is 4. The van der Waals surface area contributed by atoms with Gasteiger partial charge in [0.05, 0.1) is 18.3 Å². The van der Waals surface area contributed by atoms with Gasteiger partial charge < -0.3 is 20.6 Å². The second kappa shape index (κ2) is 7.61. The van der Waals surface area contributed by atoms with Crippen LogP contribution in [0.25, 0.3) is 0 Å². The van der Waals surface area contributed by atoms with Crippen LogP contribution in [-0.2, 0) is 0 Å². The number of anilines is 1. The van der Waals surface area contributed by atoms with E-state index in [1.54, 1.807) is 23.9 Å². The molecular weight excluding hydrogens is 348 g/mol. The standard InChI is InChI=1S/C19H26N4O2S/c1-5-6-15-12(4)14(22-18(25)21-11(2)3)10-20-19-23(15)16-8-7-13(24)9-17(16)26-19/h5,7-9,11-12,14-15,24H,1,6,10H2,2-4H3,(H2,21,22,25)/t12-,14?,15-/m1/s1. The molecule has 1 aromatic rings. The lowest BCUT2D eigenvalue weighted by Gasteiger charge is -2.35. The van der Waals surface area contributed by atoms with E-state index in [0.29, 0.717) is 6.54 Å². The Balaban J connectivity index is 1.88. The number of aliphatic imine (C=N–C) groups is 1. The molecule has 2 aliphatic heterocycles. The molecule has 0 fully saturated rings. The van der Waals surface area contributed by atoms with E-state index >= 15 is 0 Å².